The number of ether oxygens (including phenoxy) is 2. The fraction of sp³-hybridized carbons (Fsp3) is 0.333. The second kappa shape index (κ2) is 6.95. The van der Waals surface area contributed by atoms with E-state index in [1.54, 1.807) is 32.4 Å². The summed E-state index contributed by atoms with van der Waals surface area (Å²) in [6.45, 7) is 1.39. The van der Waals surface area contributed by atoms with Crippen LogP contribution in [-0.2, 0) is 7.05 Å². The van der Waals surface area contributed by atoms with Crippen molar-refractivity contribution in [1.29, 1.82) is 0 Å². The highest BCUT2D eigenvalue weighted by Gasteiger charge is 2.31. The molecule has 0 radical (unpaired) electrons. The van der Waals surface area contributed by atoms with Crippen LogP contribution < -0.4 is 9.47 Å². The molecule has 1 atom stereocenters. The minimum absolute atomic E-state index is 0.0113. The summed E-state index contributed by atoms with van der Waals surface area (Å²) in [6, 6.07) is 13.4. The van der Waals surface area contributed by atoms with E-state index in [9.17, 15) is 4.79 Å². The predicted molar refractivity (Wildman–Crippen MR) is 104 cm³/mol. The molecule has 6 heteroatoms. The van der Waals surface area contributed by atoms with E-state index in [4.69, 9.17) is 14.5 Å². The van der Waals surface area contributed by atoms with Gasteiger partial charge in [0, 0.05) is 31.6 Å². The minimum atomic E-state index is 0.0113. The molecule has 1 fully saturated rings. The van der Waals surface area contributed by atoms with E-state index >= 15 is 0 Å². The molecule has 0 saturated carbocycles. The minimum Gasteiger partial charge on any atom is -0.493 e. The van der Waals surface area contributed by atoms with Crippen molar-refractivity contribution in [3.63, 3.8) is 0 Å². The van der Waals surface area contributed by atoms with E-state index in [1.807, 2.05) is 30.1 Å². The Morgan fingerprint density at radius 1 is 1.11 bits per heavy atom. The highest BCUT2D eigenvalue weighted by atomic mass is 16.5. The highest BCUT2D eigenvalue weighted by molar-refractivity contribution is 5.95. The number of amides is 1. The lowest BCUT2D eigenvalue weighted by Gasteiger charge is -2.17. The molecule has 4 rings (SSSR count). The zero-order chi connectivity index (χ0) is 19.0. The fourth-order valence-corrected chi connectivity index (χ4v) is 3.84. The summed E-state index contributed by atoms with van der Waals surface area (Å²) in [6.07, 6.45) is 0.913. The van der Waals surface area contributed by atoms with Crippen LogP contribution in [0.15, 0.2) is 42.5 Å². The molecule has 0 bridgehead atoms. The van der Waals surface area contributed by atoms with Crippen molar-refractivity contribution in [2.45, 2.75) is 12.3 Å². The van der Waals surface area contributed by atoms with Crippen molar-refractivity contribution in [1.82, 2.24) is 14.5 Å². The molecule has 1 saturated heterocycles. The molecular weight excluding hydrogens is 342 g/mol. The second-order valence-corrected chi connectivity index (χ2v) is 6.82. The van der Waals surface area contributed by atoms with Crippen molar-refractivity contribution < 1.29 is 14.3 Å². The Morgan fingerprint density at radius 2 is 1.89 bits per heavy atom. The summed E-state index contributed by atoms with van der Waals surface area (Å²) in [4.78, 5) is 19.6. The Hall–Kier alpha value is -3.02. The third-order valence-electron chi connectivity index (χ3n) is 5.29. The summed E-state index contributed by atoms with van der Waals surface area (Å²) >= 11 is 0. The molecule has 0 spiro atoms. The Kier molecular flexibility index (Phi) is 4.48. The Morgan fingerprint density at radius 3 is 2.63 bits per heavy atom. The summed E-state index contributed by atoms with van der Waals surface area (Å²) in [7, 11) is 5.20. The van der Waals surface area contributed by atoms with Crippen molar-refractivity contribution in [3.05, 3.63) is 53.9 Å². The normalized spacial score (nSPS) is 16.7. The number of fused-ring (bicyclic) bond motifs is 1. The Bertz CT molecular complexity index is 996. The van der Waals surface area contributed by atoms with Gasteiger partial charge in [0.15, 0.2) is 11.5 Å². The number of aromatic nitrogens is 2. The number of nitrogens with zero attached hydrogens (tertiary/aromatic N) is 3. The Balaban J connectivity index is 1.55. The molecule has 1 amide bonds. The zero-order valence-corrected chi connectivity index (χ0v) is 15.8. The number of rotatable bonds is 4. The van der Waals surface area contributed by atoms with Crippen LogP contribution in [-0.4, -0.2) is 47.7 Å². The number of aryl methyl sites for hydroxylation is 1. The number of hydrogen-bond acceptors (Lipinski definition) is 4. The van der Waals surface area contributed by atoms with Crippen LogP contribution in [0, 0.1) is 0 Å². The van der Waals surface area contributed by atoms with Gasteiger partial charge in [0.25, 0.3) is 5.91 Å². The summed E-state index contributed by atoms with van der Waals surface area (Å²) in [5, 5.41) is 0. The molecule has 0 aliphatic carbocycles. The fourth-order valence-electron chi connectivity index (χ4n) is 3.84. The zero-order valence-electron chi connectivity index (χ0n) is 15.8. The molecule has 1 aliphatic rings. The standard InChI is InChI=1S/C21H23N3O3/c1-23-17-7-5-4-6-16(17)22-20(23)15-10-11-24(13-15)21(25)14-8-9-18(26-2)19(12-14)27-3/h4-9,12,15H,10-11,13H2,1-3H3. The van der Waals surface area contributed by atoms with Gasteiger partial charge in [-0.05, 0) is 36.8 Å². The smallest absolute Gasteiger partial charge is 0.254 e. The number of likely N-dealkylation sites (tertiary alicyclic amines) is 1. The first kappa shape index (κ1) is 17.4. The van der Waals surface area contributed by atoms with Crippen LogP contribution in [0.25, 0.3) is 11.0 Å². The van der Waals surface area contributed by atoms with Gasteiger partial charge in [-0.15, -0.1) is 0 Å². The monoisotopic (exact) mass is 365 g/mol. The summed E-state index contributed by atoms with van der Waals surface area (Å²) in [5.41, 5.74) is 2.73. The average Bonchev–Trinajstić information content (AvgIpc) is 3.32. The van der Waals surface area contributed by atoms with Gasteiger partial charge in [-0.25, -0.2) is 4.98 Å². The molecule has 27 heavy (non-hydrogen) atoms. The molecule has 1 unspecified atom stereocenters. The van der Waals surface area contributed by atoms with Crippen molar-refractivity contribution >= 4 is 16.9 Å². The average molecular weight is 365 g/mol. The van der Waals surface area contributed by atoms with E-state index in [2.05, 4.69) is 10.6 Å². The van der Waals surface area contributed by atoms with Gasteiger partial charge in [-0.1, -0.05) is 12.1 Å². The molecular formula is C21H23N3O3. The van der Waals surface area contributed by atoms with E-state index in [-0.39, 0.29) is 11.8 Å². The van der Waals surface area contributed by atoms with E-state index < -0.39 is 0 Å². The molecule has 6 nitrogen and oxygen atoms in total. The molecule has 140 valence electrons. The maximum atomic E-state index is 13.0. The van der Waals surface area contributed by atoms with E-state index in [0.717, 1.165) is 29.8 Å². The predicted octanol–water partition coefficient (Wildman–Crippen LogP) is 3.22. The molecule has 1 aromatic heterocycles. The van der Waals surface area contributed by atoms with Crippen LogP contribution in [0.5, 0.6) is 11.5 Å². The van der Waals surface area contributed by atoms with Crippen LogP contribution in [0.2, 0.25) is 0 Å². The topological polar surface area (TPSA) is 56.6 Å². The number of imidazole rings is 1. The second-order valence-electron chi connectivity index (χ2n) is 6.82. The van der Waals surface area contributed by atoms with E-state index in [0.29, 0.717) is 23.6 Å². The van der Waals surface area contributed by atoms with E-state index in [1.165, 1.54) is 0 Å². The van der Waals surface area contributed by atoms with Gasteiger partial charge < -0.3 is 18.9 Å². The number of carbonyl (C=O) groups excluding carboxylic acids is 1. The SMILES string of the molecule is COc1ccc(C(=O)N2CCC(c3nc4ccccc4n3C)C2)cc1OC. The van der Waals surface area contributed by atoms with Crippen LogP contribution in [0.3, 0.4) is 0 Å². The first-order chi connectivity index (χ1) is 13.1. The summed E-state index contributed by atoms with van der Waals surface area (Å²) < 4.78 is 12.7. The van der Waals surface area contributed by atoms with Crippen LogP contribution >= 0.6 is 0 Å². The number of benzene rings is 2. The van der Waals surface area contributed by atoms with Crippen molar-refractivity contribution in [3.8, 4) is 11.5 Å². The molecule has 2 heterocycles. The van der Waals surface area contributed by atoms with Gasteiger partial charge in [-0.3, -0.25) is 4.79 Å². The lowest BCUT2D eigenvalue weighted by molar-refractivity contribution is 0.0790. The lowest BCUT2D eigenvalue weighted by atomic mass is 10.1. The first-order valence-corrected chi connectivity index (χ1v) is 9.05. The number of para-hydroxylation sites is 2. The van der Waals surface area contributed by atoms with Crippen LogP contribution in [0.4, 0.5) is 0 Å². The van der Waals surface area contributed by atoms with Gasteiger partial charge in [-0.2, -0.15) is 0 Å². The quantitative estimate of drug-likeness (QED) is 0.712. The Labute approximate surface area is 158 Å². The summed E-state index contributed by atoms with van der Waals surface area (Å²) in [5.74, 6) is 2.48. The number of hydrogen-bond donors (Lipinski definition) is 0. The van der Waals surface area contributed by atoms with Gasteiger partial charge in [0.1, 0.15) is 5.82 Å². The number of methoxy groups -OCH3 is 2. The number of carbonyl (C=O) groups is 1. The molecule has 2 aromatic carbocycles. The van der Waals surface area contributed by atoms with Gasteiger partial charge >= 0.3 is 0 Å². The maximum absolute atomic E-state index is 13.0. The third kappa shape index (κ3) is 3.01. The largest absolute Gasteiger partial charge is 0.493 e. The van der Waals surface area contributed by atoms with Gasteiger partial charge in [0.2, 0.25) is 0 Å². The highest BCUT2D eigenvalue weighted by Crippen LogP contribution is 2.32. The molecule has 3 aromatic rings. The van der Waals surface area contributed by atoms with Crippen LogP contribution in [0.1, 0.15) is 28.5 Å². The van der Waals surface area contributed by atoms with Gasteiger partial charge in [0.05, 0.1) is 25.3 Å². The third-order valence-corrected chi connectivity index (χ3v) is 5.29. The van der Waals surface area contributed by atoms with Crippen molar-refractivity contribution in [2.75, 3.05) is 27.3 Å². The van der Waals surface area contributed by atoms with Crippen molar-refractivity contribution in [2.24, 2.45) is 7.05 Å². The lowest BCUT2D eigenvalue weighted by Crippen LogP contribution is -2.28. The molecule has 1 aliphatic heterocycles. The molecule has 0 N–H and O–H groups in total. The maximum Gasteiger partial charge on any atom is 0.254 e. The first-order valence-electron chi connectivity index (χ1n) is 9.05.